The number of nitro groups is 1. The van der Waals surface area contributed by atoms with E-state index in [2.05, 4.69) is 10.4 Å². The molecule has 7 nitrogen and oxygen atoms in total. The van der Waals surface area contributed by atoms with Crippen molar-refractivity contribution in [2.45, 2.75) is 24.9 Å². The molecule has 1 N–H and O–H groups in total. The highest BCUT2D eigenvalue weighted by atomic mass is 16.6. The second-order valence-electron chi connectivity index (χ2n) is 3.82. The van der Waals surface area contributed by atoms with Crippen LogP contribution in [0, 0.1) is 10.1 Å². The SMILES string of the molecule is O=CC1CC[C@@H](n2cc([N+](=O)[O-])cn2)CN1. The molecule has 1 saturated heterocycles. The molecule has 0 radical (unpaired) electrons. The second kappa shape index (κ2) is 4.40. The Morgan fingerprint density at radius 3 is 2.94 bits per heavy atom. The number of rotatable bonds is 3. The molecule has 86 valence electrons. The Morgan fingerprint density at radius 1 is 1.62 bits per heavy atom. The van der Waals surface area contributed by atoms with Crippen LogP contribution in [0.3, 0.4) is 0 Å². The van der Waals surface area contributed by atoms with Gasteiger partial charge in [-0.25, -0.2) is 0 Å². The molecule has 1 aromatic heterocycles. The maximum absolute atomic E-state index is 10.5. The fourth-order valence-corrected chi connectivity index (χ4v) is 1.83. The molecule has 0 saturated carbocycles. The first-order valence-corrected chi connectivity index (χ1v) is 5.08. The summed E-state index contributed by atoms with van der Waals surface area (Å²) in [5, 5.41) is 17.5. The van der Waals surface area contributed by atoms with Gasteiger partial charge in [-0.1, -0.05) is 0 Å². The van der Waals surface area contributed by atoms with Crippen LogP contribution < -0.4 is 5.32 Å². The van der Waals surface area contributed by atoms with E-state index in [1.54, 1.807) is 4.68 Å². The standard InChI is InChI=1S/C9H12N4O3/c14-6-7-1-2-8(3-10-7)12-5-9(4-11-12)13(15)16/h4-8,10H,1-3H2/t7?,8-/m1/s1. The van der Waals surface area contributed by atoms with Crippen LogP contribution >= 0.6 is 0 Å². The smallest absolute Gasteiger partial charge is 0.306 e. The van der Waals surface area contributed by atoms with Gasteiger partial charge in [-0.15, -0.1) is 0 Å². The van der Waals surface area contributed by atoms with Gasteiger partial charge in [-0.2, -0.15) is 5.10 Å². The van der Waals surface area contributed by atoms with E-state index < -0.39 is 4.92 Å². The Hall–Kier alpha value is -1.76. The number of nitrogens with one attached hydrogen (secondary N) is 1. The fourth-order valence-electron chi connectivity index (χ4n) is 1.83. The van der Waals surface area contributed by atoms with Crippen molar-refractivity contribution in [3.05, 3.63) is 22.5 Å². The number of carbonyl (C=O) groups is 1. The third-order valence-corrected chi connectivity index (χ3v) is 2.76. The summed E-state index contributed by atoms with van der Waals surface area (Å²) >= 11 is 0. The van der Waals surface area contributed by atoms with E-state index in [-0.39, 0.29) is 17.8 Å². The number of piperidine rings is 1. The summed E-state index contributed by atoms with van der Waals surface area (Å²) in [6.45, 7) is 0.613. The molecule has 1 fully saturated rings. The molecule has 0 aromatic carbocycles. The average Bonchev–Trinajstić information content (AvgIpc) is 2.78. The Kier molecular flexibility index (Phi) is 2.95. The number of nitrogens with zero attached hydrogens (tertiary/aromatic N) is 3. The van der Waals surface area contributed by atoms with Crippen molar-refractivity contribution in [2.75, 3.05) is 6.54 Å². The molecular weight excluding hydrogens is 212 g/mol. The van der Waals surface area contributed by atoms with Gasteiger partial charge in [-0.3, -0.25) is 14.8 Å². The molecule has 2 heterocycles. The van der Waals surface area contributed by atoms with Crippen LogP contribution in [0.5, 0.6) is 0 Å². The lowest BCUT2D eigenvalue weighted by Crippen LogP contribution is -2.40. The zero-order chi connectivity index (χ0) is 11.5. The lowest BCUT2D eigenvalue weighted by molar-refractivity contribution is -0.385. The molecule has 0 bridgehead atoms. The molecule has 1 aliphatic heterocycles. The summed E-state index contributed by atoms with van der Waals surface area (Å²) in [6.07, 6.45) is 5.10. The minimum Gasteiger partial charge on any atom is -0.306 e. The normalized spacial score (nSPS) is 25.2. The Morgan fingerprint density at radius 2 is 2.44 bits per heavy atom. The first kappa shape index (κ1) is 10.7. The number of aromatic nitrogens is 2. The van der Waals surface area contributed by atoms with Gasteiger partial charge in [0, 0.05) is 6.54 Å². The number of aldehydes is 1. The van der Waals surface area contributed by atoms with Crippen LogP contribution in [0.2, 0.25) is 0 Å². The quantitative estimate of drug-likeness (QED) is 0.452. The van der Waals surface area contributed by atoms with Crippen molar-refractivity contribution in [3.63, 3.8) is 0 Å². The highest BCUT2D eigenvalue weighted by molar-refractivity contribution is 5.57. The van der Waals surface area contributed by atoms with Gasteiger partial charge in [0.1, 0.15) is 18.7 Å². The first-order chi connectivity index (χ1) is 7.70. The number of hydrogen-bond acceptors (Lipinski definition) is 5. The van der Waals surface area contributed by atoms with E-state index in [4.69, 9.17) is 0 Å². The number of hydrogen-bond donors (Lipinski definition) is 1. The summed E-state index contributed by atoms with van der Waals surface area (Å²) in [4.78, 5) is 20.5. The number of carbonyl (C=O) groups excluding carboxylic acids is 1. The summed E-state index contributed by atoms with van der Waals surface area (Å²) in [6, 6.07) is -0.00769. The van der Waals surface area contributed by atoms with Crippen molar-refractivity contribution in [2.24, 2.45) is 0 Å². The Bertz CT molecular complexity index is 395. The van der Waals surface area contributed by atoms with Gasteiger partial charge in [-0.05, 0) is 12.8 Å². The zero-order valence-electron chi connectivity index (χ0n) is 8.57. The minimum absolute atomic E-state index is 0.00230. The molecule has 2 rings (SSSR count). The molecular formula is C9H12N4O3. The maximum atomic E-state index is 10.5. The van der Waals surface area contributed by atoms with Crippen LogP contribution in [0.25, 0.3) is 0 Å². The third-order valence-electron chi connectivity index (χ3n) is 2.76. The van der Waals surface area contributed by atoms with Gasteiger partial charge in [0.15, 0.2) is 0 Å². The molecule has 16 heavy (non-hydrogen) atoms. The van der Waals surface area contributed by atoms with Crippen molar-refractivity contribution in [3.8, 4) is 0 Å². The van der Waals surface area contributed by atoms with Crippen LogP contribution in [0.15, 0.2) is 12.4 Å². The van der Waals surface area contributed by atoms with Crippen molar-refractivity contribution >= 4 is 12.0 Å². The van der Waals surface area contributed by atoms with E-state index in [0.717, 1.165) is 19.1 Å². The van der Waals surface area contributed by atoms with Crippen molar-refractivity contribution in [1.82, 2.24) is 15.1 Å². The summed E-state index contributed by atoms with van der Waals surface area (Å²) in [7, 11) is 0. The minimum atomic E-state index is -0.464. The van der Waals surface area contributed by atoms with Gasteiger partial charge in [0.05, 0.1) is 17.0 Å². The van der Waals surface area contributed by atoms with E-state index in [1.807, 2.05) is 0 Å². The predicted octanol–water partition coefficient (Wildman–Crippen LogP) is 0.283. The molecule has 0 aliphatic carbocycles. The Balaban J connectivity index is 2.02. The van der Waals surface area contributed by atoms with E-state index in [0.29, 0.717) is 6.54 Å². The topological polar surface area (TPSA) is 90.1 Å². The van der Waals surface area contributed by atoms with Crippen LogP contribution in [0.4, 0.5) is 5.69 Å². The van der Waals surface area contributed by atoms with Gasteiger partial charge >= 0.3 is 5.69 Å². The Labute approximate surface area is 91.6 Å². The van der Waals surface area contributed by atoms with Crippen molar-refractivity contribution < 1.29 is 9.72 Å². The predicted molar refractivity (Wildman–Crippen MR) is 55.0 cm³/mol. The molecule has 7 heteroatoms. The molecule has 0 amide bonds. The van der Waals surface area contributed by atoms with Crippen LogP contribution in [-0.4, -0.2) is 33.6 Å². The molecule has 1 aromatic rings. The highest BCUT2D eigenvalue weighted by Crippen LogP contribution is 2.20. The van der Waals surface area contributed by atoms with E-state index in [1.165, 1.54) is 12.4 Å². The summed E-state index contributed by atoms with van der Waals surface area (Å²) in [5.41, 5.74) is -0.00230. The third kappa shape index (κ3) is 2.08. The van der Waals surface area contributed by atoms with Gasteiger partial charge in [0.25, 0.3) is 0 Å². The fraction of sp³-hybridized carbons (Fsp3) is 0.556. The van der Waals surface area contributed by atoms with E-state index in [9.17, 15) is 14.9 Å². The molecule has 1 aliphatic rings. The van der Waals surface area contributed by atoms with Gasteiger partial charge in [0.2, 0.25) is 0 Å². The lowest BCUT2D eigenvalue weighted by Gasteiger charge is -2.26. The average molecular weight is 224 g/mol. The molecule has 2 atom stereocenters. The summed E-state index contributed by atoms with van der Waals surface area (Å²) < 4.78 is 1.59. The van der Waals surface area contributed by atoms with Crippen molar-refractivity contribution in [1.29, 1.82) is 0 Å². The largest absolute Gasteiger partial charge is 0.307 e. The molecule has 1 unspecified atom stereocenters. The van der Waals surface area contributed by atoms with Crippen LogP contribution in [-0.2, 0) is 4.79 Å². The summed E-state index contributed by atoms with van der Waals surface area (Å²) in [5.74, 6) is 0. The maximum Gasteiger partial charge on any atom is 0.307 e. The highest BCUT2D eigenvalue weighted by Gasteiger charge is 2.23. The first-order valence-electron chi connectivity index (χ1n) is 5.08. The van der Waals surface area contributed by atoms with E-state index >= 15 is 0 Å². The molecule has 0 spiro atoms. The monoisotopic (exact) mass is 224 g/mol. The lowest BCUT2D eigenvalue weighted by atomic mass is 10.0. The zero-order valence-corrected chi connectivity index (χ0v) is 8.57. The van der Waals surface area contributed by atoms with Gasteiger partial charge < -0.3 is 10.1 Å². The second-order valence-corrected chi connectivity index (χ2v) is 3.82. The van der Waals surface area contributed by atoms with Crippen LogP contribution in [0.1, 0.15) is 18.9 Å².